The molecule has 2 aromatic carbocycles. The number of hydrogen-bond donors (Lipinski definition) is 9. The van der Waals surface area contributed by atoms with Gasteiger partial charge >= 0.3 is 11.9 Å². The van der Waals surface area contributed by atoms with Gasteiger partial charge in [-0.05, 0) is 41.8 Å². The number of carbonyl (C=O) groups excluding carboxylic acids is 4. The average molecular weight is 588 g/mol. The zero-order valence-electron chi connectivity index (χ0n) is 22.4. The van der Waals surface area contributed by atoms with E-state index in [0.29, 0.717) is 11.1 Å². The van der Waals surface area contributed by atoms with Crippen molar-refractivity contribution in [2.24, 2.45) is 11.5 Å². The molecular formula is C27H33N5O10. The van der Waals surface area contributed by atoms with Crippen LogP contribution in [-0.2, 0) is 41.6 Å². The highest BCUT2D eigenvalue weighted by Crippen LogP contribution is 2.14. The molecule has 0 aliphatic carbocycles. The molecule has 42 heavy (non-hydrogen) atoms. The summed E-state index contributed by atoms with van der Waals surface area (Å²) >= 11 is 0. The standard InChI is InChI=1S/C27H33N5O10/c28-18(9-10-23(36)37)24(38)30-20(13-22(29)35)26(40)31-19(11-14-1-5-16(33)6-2-14)25(39)32-21(27(41)42)12-15-3-7-17(34)8-4-15/h1-8,18-21,33-34H,9-13,28H2,(H2,29,35)(H,30,38)(H,31,40)(H,32,39)(H,36,37)(H,41,42). The summed E-state index contributed by atoms with van der Waals surface area (Å²) in [6.07, 6.45) is -1.70. The smallest absolute Gasteiger partial charge is 0.326 e. The number of nitrogens with one attached hydrogen (secondary N) is 3. The van der Waals surface area contributed by atoms with Gasteiger partial charge in [-0.2, -0.15) is 0 Å². The van der Waals surface area contributed by atoms with Gasteiger partial charge in [-0.25, -0.2) is 4.79 Å². The normalized spacial score (nSPS) is 13.5. The third kappa shape index (κ3) is 11.1. The molecule has 0 fully saturated rings. The predicted octanol–water partition coefficient (Wildman–Crippen LogP) is -1.51. The number of benzene rings is 2. The van der Waals surface area contributed by atoms with Gasteiger partial charge in [-0.15, -0.1) is 0 Å². The van der Waals surface area contributed by atoms with E-state index in [9.17, 15) is 44.1 Å². The van der Waals surface area contributed by atoms with Gasteiger partial charge < -0.3 is 47.8 Å². The molecule has 15 heteroatoms. The number of carboxylic acids is 2. The summed E-state index contributed by atoms with van der Waals surface area (Å²) in [5, 5.41) is 44.6. The maximum Gasteiger partial charge on any atom is 0.326 e. The Morgan fingerprint density at radius 2 is 1.10 bits per heavy atom. The summed E-state index contributed by atoms with van der Waals surface area (Å²) in [5.74, 6) is -6.51. The van der Waals surface area contributed by atoms with Gasteiger partial charge in [0.1, 0.15) is 29.6 Å². The monoisotopic (exact) mass is 587 g/mol. The lowest BCUT2D eigenvalue weighted by molar-refractivity contribution is -0.142. The van der Waals surface area contributed by atoms with E-state index in [1.807, 2.05) is 0 Å². The van der Waals surface area contributed by atoms with Crippen molar-refractivity contribution < 1.29 is 49.2 Å². The van der Waals surface area contributed by atoms with Crippen LogP contribution in [0.3, 0.4) is 0 Å². The number of carbonyl (C=O) groups is 6. The Morgan fingerprint density at radius 3 is 1.55 bits per heavy atom. The minimum absolute atomic E-state index is 0.0354. The van der Waals surface area contributed by atoms with Crippen LogP contribution in [0.5, 0.6) is 11.5 Å². The maximum atomic E-state index is 13.3. The Labute approximate surface area is 239 Å². The van der Waals surface area contributed by atoms with Crippen LogP contribution in [0.2, 0.25) is 0 Å². The molecule has 0 saturated heterocycles. The fraction of sp³-hybridized carbons (Fsp3) is 0.333. The van der Waals surface area contributed by atoms with Crippen molar-refractivity contribution >= 4 is 35.6 Å². The Kier molecular flexibility index (Phi) is 12.2. The van der Waals surface area contributed by atoms with Crippen molar-refractivity contribution in [3.63, 3.8) is 0 Å². The molecule has 4 atom stereocenters. The van der Waals surface area contributed by atoms with Gasteiger partial charge in [-0.1, -0.05) is 24.3 Å². The lowest BCUT2D eigenvalue weighted by atomic mass is 10.0. The van der Waals surface area contributed by atoms with Gasteiger partial charge in [0, 0.05) is 19.3 Å². The molecule has 226 valence electrons. The first-order chi connectivity index (χ1) is 19.7. The quantitative estimate of drug-likeness (QED) is 0.109. The molecule has 0 spiro atoms. The van der Waals surface area contributed by atoms with Gasteiger partial charge in [0.05, 0.1) is 12.5 Å². The van der Waals surface area contributed by atoms with Crippen LogP contribution in [0.15, 0.2) is 48.5 Å². The molecule has 0 bridgehead atoms. The number of carboxylic acid groups (broad SMARTS) is 2. The number of phenolic OH excluding ortho intramolecular Hbond substituents is 2. The van der Waals surface area contributed by atoms with Crippen LogP contribution >= 0.6 is 0 Å². The van der Waals surface area contributed by atoms with Gasteiger partial charge in [0.15, 0.2) is 0 Å². The molecule has 0 aliphatic heterocycles. The average Bonchev–Trinajstić information content (AvgIpc) is 2.92. The largest absolute Gasteiger partial charge is 0.508 e. The highest BCUT2D eigenvalue weighted by atomic mass is 16.4. The van der Waals surface area contributed by atoms with E-state index in [2.05, 4.69) is 16.0 Å². The summed E-state index contributed by atoms with van der Waals surface area (Å²) in [6, 6.07) is 5.51. The topological polar surface area (TPSA) is 271 Å². The maximum absolute atomic E-state index is 13.3. The molecule has 2 aromatic rings. The van der Waals surface area contributed by atoms with Crippen LogP contribution in [0.4, 0.5) is 0 Å². The number of nitrogens with two attached hydrogens (primary N) is 2. The number of rotatable bonds is 16. The van der Waals surface area contributed by atoms with Crippen LogP contribution in [0.25, 0.3) is 0 Å². The Bertz CT molecular complexity index is 1280. The number of aliphatic carboxylic acids is 2. The lowest BCUT2D eigenvalue weighted by Gasteiger charge is -2.25. The number of amides is 4. The zero-order valence-corrected chi connectivity index (χ0v) is 22.4. The first kappa shape index (κ1) is 33.0. The summed E-state index contributed by atoms with van der Waals surface area (Å²) in [7, 11) is 0. The van der Waals surface area contributed by atoms with Crippen LogP contribution in [0, 0.1) is 0 Å². The highest BCUT2D eigenvalue weighted by Gasteiger charge is 2.31. The van der Waals surface area contributed by atoms with Gasteiger partial charge in [0.25, 0.3) is 0 Å². The van der Waals surface area contributed by atoms with E-state index in [0.717, 1.165) is 0 Å². The zero-order chi connectivity index (χ0) is 31.4. The van der Waals surface area contributed by atoms with Crippen LogP contribution in [-0.4, -0.2) is 80.2 Å². The first-order valence-electron chi connectivity index (χ1n) is 12.7. The molecule has 4 unspecified atom stereocenters. The molecule has 2 rings (SSSR count). The first-order valence-corrected chi connectivity index (χ1v) is 12.7. The highest BCUT2D eigenvalue weighted by molar-refractivity contribution is 5.96. The van der Waals surface area contributed by atoms with E-state index in [-0.39, 0.29) is 30.8 Å². The number of aromatic hydroxyl groups is 2. The van der Waals surface area contributed by atoms with Crippen molar-refractivity contribution in [1.82, 2.24) is 16.0 Å². The van der Waals surface area contributed by atoms with Crippen LogP contribution in [0.1, 0.15) is 30.4 Å². The van der Waals surface area contributed by atoms with E-state index < -0.39 is 72.6 Å². The molecule has 0 saturated carbocycles. The molecular weight excluding hydrogens is 554 g/mol. The number of primary amides is 1. The molecule has 0 radical (unpaired) electrons. The molecule has 15 nitrogen and oxygen atoms in total. The molecule has 4 amide bonds. The fourth-order valence-corrected chi connectivity index (χ4v) is 3.79. The molecule has 0 heterocycles. The van der Waals surface area contributed by atoms with E-state index in [1.54, 1.807) is 0 Å². The Morgan fingerprint density at radius 1 is 0.667 bits per heavy atom. The summed E-state index contributed by atoms with van der Waals surface area (Å²) in [6.45, 7) is 0. The summed E-state index contributed by atoms with van der Waals surface area (Å²) in [4.78, 5) is 73.3. The minimum Gasteiger partial charge on any atom is -0.508 e. The second-order valence-electron chi connectivity index (χ2n) is 9.47. The predicted molar refractivity (Wildman–Crippen MR) is 146 cm³/mol. The Balaban J connectivity index is 2.27. The van der Waals surface area contributed by atoms with E-state index in [1.165, 1.54) is 48.5 Å². The third-order valence-electron chi connectivity index (χ3n) is 6.04. The Hall–Kier alpha value is -5.18. The molecule has 0 aromatic heterocycles. The second-order valence-corrected chi connectivity index (χ2v) is 9.47. The SMILES string of the molecule is NC(=O)CC(NC(=O)C(N)CCC(=O)O)C(=O)NC(Cc1ccc(O)cc1)C(=O)NC(Cc1ccc(O)cc1)C(=O)O. The third-order valence-corrected chi connectivity index (χ3v) is 6.04. The van der Waals surface area contributed by atoms with Crippen molar-refractivity contribution in [3.8, 4) is 11.5 Å². The van der Waals surface area contributed by atoms with Crippen molar-refractivity contribution in [2.75, 3.05) is 0 Å². The number of phenols is 2. The fourth-order valence-electron chi connectivity index (χ4n) is 3.79. The van der Waals surface area contributed by atoms with Gasteiger partial charge in [-0.3, -0.25) is 24.0 Å². The second kappa shape index (κ2) is 15.6. The van der Waals surface area contributed by atoms with Crippen LogP contribution < -0.4 is 27.4 Å². The minimum atomic E-state index is -1.59. The van der Waals surface area contributed by atoms with Crippen molar-refractivity contribution in [1.29, 1.82) is 0 Å². The van der Waals surface area contributed by atoms with E-state index >= 15 is 0 Å². The summed E-state index contributed by atoms with van der Waals surface area (Å²) in [5.41, 5.74) is 11.9. The van der Waals surface area contributed by atoms with E-state index in [4.69, 9.17) is 16.6 Å². The molecule has 0 aliphatic rings. The van der Waals surface area contributed by atoms with Crippen molar-refractivity contribution in [3.05, 3.63) is 59.7 Å². The molecule has 11 N–H and O–H groups in total. The van der Waals surface area contributed by atoms with Crippen molar-refractivity contribution in [2.45, 2.75) is 56.3 Å². The number of hydrogen-bond acceptors (Lipinski definition) is 9. The lowest BCUT2D eigenvalue weighted by Crippen LogP contribution is -2.58. The van der Waals surface area contributed by atoms with Gasteiger partial charge in [0.2, 0.25) is 23.6 Å². The summed E-state index contributed by atoms with van der Waals surface area (Å²) < 4.78 is 0.